The van der Waals surface area contributed by atoms with Gasteiger partial charge in [-0.15, -0.1) is 0 Å². The van der Waals surface area contributed by atoms with Gasteiger partial charge in [0.15, 0.2) is 5.05 Å². The van der Waals surface area contributed by atoms with Gasteiger partial charge in [-0.2, -0.15) is 0 Å². The van der Waals surface area contributed by atoms with Crippen molar-refractivity contribution in [3.05, 3.63) is 11.6 Å². The molecule has 0 amide bonds. The maximum absolute atomic E-state index is 5.38. The van der Waals surface area contributed by atoms with Gasteiger partial charge in [-0.1, -0.05) is 0 Å². The number of likely N-dealkylation sites (N-methyl/N-ethyl adjacent to an activating group) is 1. The molecule has 0 spiro atoms. The monoisotopic (exact) mass is 171 g/mol. The van der Waals surface area contributed by atoms with E-state index in [1.807, 2.05) is 21.0 Å². The summed E-state index contributed by atoms with van der Waals surface area (Å²) in [6, 6.07) is 0. The second-order valence-corrected chi connectivity index (χ2v) is 3.43. The molecule has 0 fully saturated rings. The normalized spacial score (nSPS) is 23.8. The Bertz CT molecular complexity index is 198. The van der Waals surface area contributed by atoms with Gasteiger partial charge in [0.05, 0.1) is 0 Å². The highest BCUT2D eigenvalue weighted by atomic mass is 32.1. The summed E-state index contributed by atoms with van der Waals surface area (Å²) in [5.41, 5.74) is 1.09. The molecular formula is C8H13NOS. The summed E-state index contributed by atoms with van der Waals surface area (Å²) < 4.78 is 5.38. The summed E-state index contributed by atoms with van der Waals surface area (Å²) in [7, 11) is 4.04. The third-order valence-corrected chi connectivity index (χ3v) is 1.98. The SMILES string of the molecule is CC1=CC(CN(C)C)OC1=S. The van der Waals surface area contributed by atoms with Crippen LogP contribution in [0.5, 0.6) is 0 Å². The van der Waals surface area contributed by atoms with Crippen molar-refractivity contribution >= 4 is 17.3 Å². The lowest BCUT2D eigenvalue weighted by Crippen LogP contribution is -2.25. The molecule has 0 radical (unpaired) electrons. The minimum atomic E-state index is 0.164. The quantitative estimate of drug-likeness (QED) is 0.580. The van der Waals surface area contributed by atoms with Gasteiger partial charge in [-0.3, -0.25) is 0 Å². The summed E-state index contributed by atoms with van der Waals surface area (Å²) in [6.07, 6.45) is 2.24. The van der Waals surface area contributed by atoms with E-state index in [9.17, 15) is 0 Å². The standard InChI is InChI=1S/C8H13NOS/c1-6-4-7(5-9(2)3)10-8(6)11/h4,7H,5H2,1-3H3. The average molecular weight is 171 g/mol. The van der Waals surface area contributed by atoms with Crippen LogP contribution in [-0.2, 0) is 4.74 Å². The summed E-state index contributed by atoms with van der Waals surface area (Å²) >= 11 is 4.96. The maximum Gasteiger partial charge on any atom is 0.187 e. The molecule has 0 aromatic rings. The fraction of sp³-hybridized carbons (Fsp3) is 0.625. The highest BCUT2D eigenvalue weighted by molar-refractivity contribution is 7.80. The highest BCUT2D eigenvalue weighted by Gasteiger charge is 2.18. The fourth-order valence-corrected chi connectivity index (χ4v) is 1.25. The largest absolute Gasteiger partial charge is 0.474 e. The minimum Gasteiger partial charge on any atom is -0.474 e. The lowest BCUT2D eigenvalue weighted by molar-refractivity contribution is 0.205. The van der Waals surface area contributed by atoms with Crippen LogP contribution in [0.3, 0.4) is 0 Å². The lowest BCUT2D eigenvalue weighted by atomic mass is 10.2. The molecular weight excluding hydrogens is 158 g/mol. The van der Waals surface area contributed by atoms with Crippen molar-refractivity contribution in [1.29, 1.82) is 0 Å². The number of hydrogen-bond donors (Lipinski definition) is 0. The molecule has 1 aliphatic rings. The van der Waals surface area contributed by atoms with E-state index in [-0.39, 0.29) is 6.10 Å². The first-order valence-corrected chi connectivity index (χ1v) is 4.04. The van der Waals surface area contributed by atoms with Crippen LogP contribution in [0.2, 0.25) is 0 Å². The Morgan fingerprint density at radius 1 is 1.64 bits per heavy atom. The van der Waals surface area contributed by atoms with Crippen LogP contribution < -0.4 is 0 Å². The molecule has 0 saturated heterocycles. The number of thiocarbonyl (C=S) groups is 1. The Morgan fingerprint density at radius 2 is 2.27 bits per heavy atom. The summed E-state index contributed by atoms with van der Waals surface area (Å²) in [6.45, 7) is 2.88. The molecule has 11 heavy (non-hydrogen) atoms. The van der Waals surface area contributed by atoms with Gasteiger partial charge in [0.25, 0.3) is 0 Å². The van der Waals surface area contributed by atoms with Crippen molar-refractivity contribution in [2.24, 2.45) is 0 Å². The van der Waals surface area contributed by atoms with Gasteiger partial charge in [-0.25, -0.2) is 0 Å². The van der Waals surface area contributed by atoms with Crippen molar-refractivity contribution in [3.8, 4) is 0 Å². The van der Waals surface area contributed by atoms with Crippen LogP contribution in [0.4, 0.5) is 0 Å². The average Bonchev–Trinajstić information content (AvgIpc) is 2.10. The van der Waals surface area contributed by atoms with Crippen LogP contribution in [0.1, 0.15) is 6.92 Å². The van der Waals surface area contributed by atoms with E-state index in [0.717, 1.165) is 12.1 Å². The number of rotatable bonds is 2. The Balaban J connectivity index is 2.47. The molecule has 0 aliphatic carbocycles. The Kier molecular flexibility index (Phi) is 2.62. The van der Waals surface area contributed by atoms with E-state index in [2.05, 4.69) is 11.0 Å². The second kappa shape index (κ2) is 3.32. The zero-order valence-corrected chi connectivity index (χ0v) is 7.94. The third-order valence-electron chi connectivity index (χ3n) is 1.56. The molecule has 1 atom stereocenters. The van der Waals surface area contributed by atoms with E-state index in [0.29, 0.717) is 5.05 Å². The van der Waals surface area contributed by atoms with Crippen LogP contribution in [0.15, 0.2) is 11.6 Å². The number of nitrogens with zero attached hydrogens (tertiary/aromatic N) is 1. The molecule has 0 saturated carbocycles. The predicted octanol–water partition coefficient (Wildman–Crippen LogP) is 1.22. The summed E-state index contributed by atoms with van der Waals surface area (Å²) in [5, 5.41) is 0.650. The van der Waals surface area contributed by atoms with Crippen molar-refractivity contribution < 1.29 is 4.74 Å². The second-order valence-electron chi connectivity index (χ2n) is 3.06. The fourth-order valence-electron chi connectivity index (χ4n) is 1.06. The first-order valence-electron chi connectivity index (χ1n) is 3.63. The molecule has 1 unspecified atom stereocenters. The van der Waals surface area contributed by atoms with Gasteiger partial charge in [-0.05, 0) is 39.3 Å². The molecule has 1 aliphatic heterocycles. The van der Waals surface area contributed by atoms with Crippen molar-refractivity contribution in [2.45, 2.75) is 13.0 Å². The van der Waals surface area contributed by atoms with Gasteiger partial charge < -0.3 is 9.64 Å². The van der Waals surface area contributed by atoms with E-state index in [4.69, 9.17) is 17.0 Å². The first-order chi connectivity index (χ1) is 5.09. The summed E-state index contributed by atoms with van der Waals surface area (Å²) in [5.74, 6) is 0. The van der Waals surface area contributed by atoms with Crippen molar-refractivity contribution in [2.75, 3.05) is 20.6 Å². The van der Waals surface area contributed by atoms with Gasteiger partial charge in [0, 0.05) is 12.1 Å². The molecule has 0 bridgehead atoms. The van der Waals surface area contributed by atoms with E-state index >= 15 is 0 Å². The molecule has 3 heteroatoms. The molecule has 0 N–H and O–H groups in total. The van der Waals surface area contributed by atoms with Crippen molar-refractivity contribution in [1.82, 2.24) is 4.90 Å². The van der Waals surface area contributed by atoms with Crippen molar-refractivity contribution in [3.63, 3.8) is 0 Å². The highest BCUT2D eigenvalue weighted by Crippen LogP contribution is 2.14. The van der Waals surface area contributed by atoms with Crippen LogP contribution in [0.25, 0.3) is 0 Å². The number of hydrogen-bond acceptors (Lipinski definition) is 3. The van der Waals surface area contributed by atoms with Gasteiger partial charge in [0.1, 0.15) is 6.10 Å². The Morgan fingerprint density at radius 3 is 2.64 bits per heavy atom. The molecule has 1 rings (SSSR count). The summed E-state index contributed by atoms with van der Waals surface area (Å²) in [4.78, 5) is 2.09. The lowest BCUT2D eigenvalue weighted by Gasteiger charge is -2.14. The molecule has 62 valence electrons. The molecule has 0 aromatic carbocycles. The predicted molar refractivity (Wildman–Crippen MR) is 49.8 cm³/mol. The zero-order valence-electron chi connectivity index (χ0n) is 7.13. The van der Waals surface area contributed by atoms with Crippen LogP contribution in [-0.4, -0.2) is 36.7 Å². The van der Waals surface area contributed by atoms with Gasteiger partial charge in [0.2, 0.25) is 0 Å². The van der Waals surface area contributed by atoms with E-state index < -0.39 is 0 Å². The molecule has 0 aromatic heterocycles. The minimum absolute atomic E-state index is 0.164. The molecule has 2 nitrogen and oxygen atoms in total. The topological polar surface area (TPSA) is 12.5 Å². The Labute approximate surface area is 72.8 Å². The third kappa shape index (κ3) is 2.27. The van der Waals surface area contributed by atoms with Crippen LogP contribution in [0, 0.1) is 0 Å². The van der Waals surface area contributed by atoms with Crippen LogP contribution >= 0.6 is 12.2 Å². The van der Waals surface area contributed by atoms with E-state index in [1.54, 1.807) is 0 Å². The number of ether oxygens (including phenoxy) is 1. The zero-order chi connectivity index (χ0) is 8.43. The molecule has 1 heterocycles. The van der Waals surface area contributed by atoms with Gasteiger partial charge >= 0.3 is 0 Å². The maximum atomic E-state index is 5.38. The first kappa shape index (κ1) is 8.68. The smallest absolute Gasteiger partial charge is 0.187 e. The van der Waals surface area contributed by atoms with E-state index in [1.165, 1.54) is 0 Å². The Hall–Kier alpha value is -0.410.